The number of hydrogen-bond acceptors (Lipinski definition) is 2. The van der Waals surface area contributed by atoms with Gasteiger partial charge in [0, 0.05) is 13.1 Å². The van der Waals surface area contributed by atoms with Crippen molar-refractivity contribution in [3.05, 3.63) is 21.9 Å². The number of carbonyl (C=O) groups is 1. The van der Waals surface area contributed by atoms with Crippen LogP contribution in [-0.2, 0) is 6.42 Å². The summed E-state index contributed by atoms with van der Waals surface area (Å²) in [5, 5.41) is 2.00. The molecule has 0 N–H and O–H groups in total. The Hall–Kier alpha value is -0.830. The summed E-state index contributed by atoms with van der Waals surface area (Å²) >= 11 is 1.55. The third-order valence-electron chi connectivity index (χ3n) is 2.37. The molecular formula is C11H17NOS. The van der Waals surface area contributed by atoms with Crippen LogP contribution in [0.3, 0.4) is 0 Å². The summed E-state index contributed by atoms with van der Waals surface area (Å²) in [6, 6.07) is 2.04. The van der Waals surface area contributed by atoms with Gasteiger partial charge in [0.05, 0.1) is 4.88 Å². The summed E-state index contributed by atoms with van der Waals surface area (Å²) in [6.45, 7) is 7.69. The van der Waals surface area contributed by atoms with E-state index in [-0.39, 0.29) is 5.91 Å². The molecule has 14 heavy (non-hydrogen) atoms. The summed E-state index contributed by atoms with van der Waals surface area (Å²) in [7, 11) is 0. The van der Waals surface area contributed by atoms with Gasteiger partial charge in [0.15, 0.2) is 0 Å². The van der Waals surface area contributed by atoms with Crippen LogP contribution in [0.2, 0.25) is 0 Å². The predicted molar refractivity (Wildman–Crippen MR) is 60.9 cm³/mol. The van der Waals surface area contributed by atoms with Crippen molar-refractivity contribution in [3.8, 4) is 0 Å². The van der Waals surface area contributed by atoms with E-state index >= 15 is 0 Å². The van der Waals surface area contributed by atoms with E-state index in [2.05, 4.69) is 6.92 Å². The molecule has 0 unspecified atom stereocenters. The molecule has 1 aromatic heterocycles. The van der Waals surface area contributed by atoms with Crippen LogP contribution in [0, 0.1) is 0 Å². The molecule has 0 aliphatic rings. The molecule has 0 bridgehead atoms. The number of aryl methyl sites for hydroxylation is 1. The minimum atomic E-state index is 0.182. The summed E-state index contributed by atoms with van der Waals surface area (Å²) in [5.74, 6) is 0.182. The Morgan fingerprint density at radius 3 is 2.50 bits per heavy atom. The molecule has 0 spiro atoms. The zero-order valence-electron chi connectivity index (χ0n) is 9.04. The maximum Gasteiger partial charge on any atom is 0.264 e. The maximum absolute atomic E-state index is 12.0. The Balaban J connectivity index is 2.87. The molecule has 1 rings (SSSR count). The van der Waals surface area contributed by atoms with E-state index in [0.29, 0.717) is 0 Å². The molecule has 0 aromatic carbocycles. The fraction of sp³-hybridized carbons (Fsp3) is 0.545. The second-order valence-electron chi connectivity index (χ2n) is 3.11. The van der Waals surface area contributed by atoms with Crippen molar-refractivity contribution < 1.29 is 4.79 Å². The fourth-order valence-electron chi connectivity index (χ4n) is 1.46. The first-order valence-corrected chi connectivity index (χ1v) is 5.98. The standard InChI is InChI=1S/C11H17NOS/c1-4-9-7-8-14-10(9)11(13)12(5-2)6-3/h7-8H,4-6H2,1-3H3. The van der Waals surface area contributed by atoms with E-state index in [1.165, 1.54) is 5.56 Å². The molecule has 0 radical (unpaired) electrons. The number of amides is 1. The SMILES string of the molecule is CCc1ccsc1C(=O)N(CC)CC. The number of carbonyl (C=O) groups excluding carboxylic acids is 1. The topological polar surface area (TPSA) is 20.3 Å². The lowest BCUT2D eigenvalue weighted by Crippen LogP contribution is -2.30. The maximum atomic E-state index is 12.0. The van der Waals surface area contributed by atoms with Gasteiger partial charge in [0.25, 0.3) is 5.91 Å². The average molecular weight is 211 g/mol. The molecular weight excluding hydrogens is 194 g/mol. The average Bonchev–Trinajstić information content (AvgIpc) is 2.67. The van der Waals surface area contributed by atoms with Crippen LogP contribution >= 0.6 is 11.3 Å². The number of hydrogen-bond donors (Lipinski definition) is 0. The van der Waals surface area contributed by atoms with Gasteiger partial charge in [-0.15, -0.1) is 11.3 Å². The molecule has 1 aromatic rings. The monoisotopic (exact) mass is 211 g/mol. The molecule has 1 amide bonds. The second kappa shape index (κ2) is 5.15. The smallest absolute Gasteiger partial charge is 0.264 e. The quantitative estimate of drug-likeness (QED) is 0.750. The molecule has 0 saturated heterocycles. The Morgan fingerprint density at radius 1 is 1.36 bits per heavy atom. The van der Waals surface area contributed by atoms with Crippen LogP contribution in [0.5, 0.6) is 0 Å². The highest BCUT2D eigenvalue weighted by atomic mass is 32.1. The third-order valence-corrected chi connectivity index (χ3v) is 3.32. The van der Waals surface area contributed by atoms with Crippen molar-refractivity contribution in [1.82, 2.24) is 4.90 Å². The van der Waals surface area contributed by atoms with Gasteiger partial charge in [-0.05, 0) is 37.3 Å². The van der Waals surface area contributed by atoms with E-state index in [1.807, 2.05) is 30.2 Å². The minimum absolute atomic E-state index is 0.182. The van der Waals surface area contributed by atoms with Gasteiger partial charge in [-0.1, -0.05) is 6.92 Å². The van der Waals surface area contributed by atoms with Gasteiger partial charge in [-0.3, -0.25) is 4.79 Å². The van der Waals surface area contributed by atoms with E-state index < -0.39 is 0 Å². The number of thiophene rings is 1. The molecule has 1 heterocycles. The van der Waals surface area contributed by atoms with Gasteiger partial charge in [-0.2, -0.15) is 0 Å². The first-order valence-electron chi connectivity index (χ1n) is 5.10. The first kappa shape index (κ1) is 11.2. The zero-order valence-corrected chi connectivity index (χ0v) is 9.86. The highest BCUT2D eigenvalue weighted by molar-refractivity contribution is 7.12. The van der Waals surface area contributed by atoms with Crippen LogP contribution in [0.1, 0.15) is 36.0 Å². The van der Waals surface area contributed by atoms with Crippen LogP contribution in [0.25, 0.3) is 0 Å². The number of nitrogens with zero attached hydrogens (tertiary/aromatic N) is 1. The first-order chi connectivity index (χ1) is 6.74. The minimum Gasteiger partial charge on any atom is -0.339 e. The molecule has 0 aliphatic carbocycles. The fourth-order valence-corrected chi connectivity index (χ4v) is 2.42. The molecule has 0 aliphatic heterocycles. The predicted octanol–water partition coefficient (Wildman–Crippen LogP) is 2.79. The van der Waals surface area contributed by atoms with Crippen molar-refractivity contribution >= 4 is 17.2 Å². The molecule has 78 valence electrons. The normalized spacial score (nSPS) is 10.2. The third kappa shape index (κ3) is 2.15. The van der Waals surface area contributed by atoms with Crippen LogP contribution in [-0.4, -0.2) is 23.9 Å². The Labute approximate surface area is 89.5 Å². The zero-order chi connectivity index (χ0) is 10.6. The van der Waals surface area contributed by atoms with Gasteiger partial charge >= 0.3 is 0 Å². The second-order valence-corrected chi connectivity index (χ2v) is 4.02. The highest BCUT2D eigenvalue weighted by Crippen LogP contribution is 2.19. The molecule has 0 saturated carbocycles. The van der Waals surface area contributed by atoms with Crippen molar-refractivity contribution in [2.24, 2.45) is 0 Å². The van der Waals surface area contributed by atoms with Crippen molar-refractivity contribution in [2.45, 2.75) is 27.2 Å². The van der Waals surface area contributed by atoms with Crippen molar-refractivity contribution in [1.29, 1.82) is 0 Å². The van der Waals surface area contributed by atoms with E-state index in [1.54, 1.807) is 11.3 Å². The van der Waals surface area contributed by atoms with Crippen LogP contribution in [0.4, 0.5) is 0 Å². The van der Waals surface area contributed by atoms with E-state index in [9.17, 15) is 4.79 Å². The van der Waals surface area contributed by atoms with Gasteiger partial charge in [-0.25, -0.2) is 0 Å². The Kier molecular flexibility index (Phi) is 4.14. The van der Waals surface area contributed by atoms with E-state index in [0.717, 1.165) is 24.4 Å². The molecule has 3 heteroatoms. The summed E-state index contributed by atoms with van der Waals surface area (Å²) in [4.78, 5) is 14.8. The van der Waals surface area contributed by atoms with Crippen molar-refractivity contribution in [3.63, 3.8) is 0 Å². The van der Waals surface area contributed by atoms with Crippen LogP contribution in [0.15, 0.2) is 11.4 Å². The highest BCUT2D eigenvalue weighted by Gasteiger charge is 2.16. The molecule has 2 nitrogen and oxygen atoms in total. The molecule has 0 atom stereocenters. The summed E-state index contributed by atoms with van der Waals surface area (Å²) < 4.78 is 0. The lowest BCUT2D eigenvalue weighted by Gasteiger charge is -2.18. The summed E-state index contributed by atoms with van der Waals surface area (Å²) in [6.07, 6.45) is 0.936. The van der Waals surface area contributed by atoms with Crippen LogP contribution < -0.4 is 0 Å². The van der Waals surface area contributed by atoms with Gasteiger partial charge in [0.1, 0.15) is 0 Å². The lowest BCUT2D eigenvalue weighted by molar-refractivity contribution is 0.0777. The number of rotatable bonds is 4. The van der Waals surface area contributed by atoms with Crippen molar-refractivity contribution in [2.75, 3.05) is 13.1 Å². The lowest BCUT2D eigenvalue weighted by atomic mass is 10.2. The Morgan fingerprint density at radius 2 is 2.00 bits per heavy atom. The van der Waals surface area contributed by atoms with E-state index in [4.69, 9.17) is 0 Å². The Bertz CT molecular complexity index is 302. The van der Waals surface area contributed by atoms with Gasteiger partial charge < -0.3 is 4.90 Å². The summed E-state index contributed by atoms with van der Waals surface area (Å²) in [5.41, 5.74) is 1.17. The van der Waals surface area contributed by atoms with Gasteiger partial charge in [0.2, 0.25) is 0 Å². The largest absolute Gasteiger partial charge is 0.339 e. The molecule has 0 fully saturated rings.